The van der Waals surface area contributed by atoms with E-state index in [0.29, 0.717) is 0 Å². The maximum Gasteiger partial charge on any atom is 0.250 e. The van der Waals surface area contributed by atoms with E-state index in [1.807, 2.05) is 60.7 Å². The van der Waals surface area contributed by atoms with Gasteiger partial charge in [0.2, 0.25) is 0 Å². The molecule has 5 nitrogen and oxygen atoms in total. The molecular weight excluding hydrogens is 524 g/mol. The second kappa shape index (κ2) is 12.3. The Labute approximate surface area is 200 Å². The van der Waals surface area contributed by atoms with Gasteiger partial charge in [-0.05, 0) is 45.3 Å². The van der Waals surface area contributed by atoms with Crippen LogP contribution < -0.4 is 5.43 Å². The zero-order valence-electron chi connectivity index (χ0n) is 15.5. The second-order valence-electron chi connectivity index (χ2n) is 5.77. The Morgan fingerprint density at radius 2 is 1.80 bits per heavy atom. The van der Waals surface area contributed by atoms with E-state index in [4.69, 9.17) is 11.6 Å². The van der Waals surface area contributed by atoms with E-state index in [-0.39, 0.29) is 11.7 Å². The highest BCUT2D eigenvalue weighted by Gasteiger charge is 2.08. The first-order chi connectivity index (χ1) is 14.6. The van der Waals surface area contributed by atoms with Gasteiger partial charge in [0.1, 0.15) is 0 Å². The number of rotatable bonds is 9. The number of halogens is 2. The van der Waals surface area contributed by atoms with Crippen LogP contribution in [0.4, 0.5) is 0 Å². The summed E-state index contributed by atoms with van der Waals surface area (Å²) in [6.45, 7) is 0. The highest BCUT2D eigenvalue weighted by molar-refractivity contribution is 9.12. The van der Waals surface area contributed by atoms with Crippen LogP contribution in [0.1, 0.15) is 11.1 Å². The van der Waals surface area contributed by atoms with Crippen molar-refractivity contribution in [2.24, 2.45) is 5.10 Å². The highest BCUT2D eigenvalue weighted by atomic mass is 79.9. The summed E-state index contributed by atoms with van der Waals surface area (Å²) < 4.78 is 2.37. The first-order valence-electron chi connectivity index (χ1n) is 8.66. The molecule has 2 aromatic carbocycles. The molecule has 0 atom stereocenters. The molecule has 30 heavy (non-hydrogen) atoms. The summed E-state index contributed by atoms with van der Waals surface area (Å²) in [5.41, 5.74) is 4.71. The fraction of sp³-hybridized carbons (Fsp3) is 0.100. The summed E-state index contributed by atoms with van der Waals surface area (Å²) in [5.74, 6) is 0.798. The van der Waals surface area contributed by atoms with Crippen molar-refractivity contribution in [2.45, 2.75) is 14.4 Å². The van der Waals surface area contributed by atoms with Gasteiger partial charge in [0.05, 0.1) is 12.0 Å². The lowest BCUT2D eigenvalue weighted by Crippen LogP contribution is -2.19. The fourth-order valence-corrected chi connectivity index (χ4v) is 5.37. The molecule has 10 heteroatoms. The van der Waals surface area contributed by atoms with Gasteiger partial charge in [-0.2, -0.15) is 5.10 Å². The molecule has 1 amide bonds. The third-order valence-electron chi connectivity index (χ3n) is 3.47. The van der Waals surface area contributed by atoms with E-state index < -0.39 is 0 Å². The predicted octanol–water partition coefficient (Wildman–Crippen LogP) is 6.11. The summed E-state index contributed by atoms with van der Waals surface area (Å²) in [7, 11) is 0. The van der Waals surface area contributed by atoms with E-state index in [9.17, 15) is 4.79 Å². The molecule has 0 aliphatic carbocycles. The summed E-state index contributed by atoms with van der Waals surface area (Å²) >= 11 is 13.7. The number of thioether (sulfide) groups is 2. The molecule has 1 heterocycles. The van der Waals surface area contributed by atoms with Crippen LogP contribution in [0.15, 0.2) is 72.9 Å². The SMILES string of the molecule is O=C(CSc1nnc(SCc2ccc(Cl)cc2)s1)NN=CC(Br)=Cc1ccccc1. The molecule has 1 N–H and O–H groups in total. The van der Waals surface area contributed by atoms with Crippen LogP contribution in [0.3, 0.4) is 0 Å². The average Bonchev–Trinajstić information content (AvgIpc) is 3.20. The van der Waals surface area contributed by atoms with Crippen LogP contribution >= 0.6 is 62.4 Å². The van der Waals surface area contributed by atoms with E-state index in [2.05, 4.69) is 36.7 Å². The molecule has 0 unspecified atom stereocenters. The number of benzene rings is 2. The molecular formula is C20H16BrClN4OS3. The largest absolute Gasteiger partial charge is 0.272 e. The third kappa shape index (κ3) is 8.23. The summed E-state index contributed by atoms with van der Waals surface area (Å²) in [6, 6.07) is 17.5. The number of carbonyl (C=O) groups is 1. The van der Waals surface area contributed by atoms with Crippen molar-refractivity contribution in [1.82, 2.24) is 15.6 Å². The van der Waals surface area contributed by atoms with Crippen LogP contribution in [0.2, 0.25) is 5.02 Å². The minimum Gasteiger partial charge on any atom is -0.272 e. The molecule has 154 valence electrons. The quantitative estimate of drug-likeness (QED) is 0.202. The molecule has 3 aromatic rings. The van der Waals surface area contributed by atoms with E-state index in [0.717, 1.165) is 29.5 Å². The lowest BCUT2D eigenvalue weighted by Gasteiger charge is -1.98. The third-order valence-corrected chi connectivity index (χ3v) is 7.42. The first kappa shape index (κ1) is 23.0. The molecule has 3 rings (SSSR count). The zero-order chi connectivity index (χ0) is 21.2. The van der Waals surface area contributed by atoms with E-state index in [1.54, 1.807) is 18.0 Å². The van der Waals surface area contributed by atoms with Gasteiger partial charge in [-0.15, -0.1) is 10.2 Å². The smallest absolute Gasteiger partial charge is 0.250 e. The van der Waals surface area contributed by atoms with Crippen LogP contribution in [-0.4, -0.2) is 28.1 Å². The van der Waals surface area contributed by atoms with Crippen molar-refractivity contribution < 1.29 is 4.79 Å². The lowest BCUT2D eigenvalue weighted by atomic mass is 10.2. The van der Waals surface area contributed by atoms with Gasteiger partial charge in [-0.25, -0.2) is 5.43 Å². The zero-order valence-corrected chi connectivity index (χ0v) is 20.3. The number of aromatic nitrogens is 2. The fourth-order valence-electron chi connectivity index (χ4n) is 2.11. The van der Waals surface area contributed by atoms with Crippen LogP contribution in [-0.2, 0) is 10.5 Å². The number of nitrogens with zero attached hydrogens (tertiary/aromatic N) is 3. The summed E-state index contributed by atoms with van der Waals surface area (Å²) in [5, 5.41) is 13.0. The topological polar surface area (TPSA) is 67.2 Å². The van der Waals surface area contributed by atoms with Crippen LogP contribution in [0.5, 0.6) is 0 Å². The Balaban J connectivity index is 1.39. The normalized spacial score (nSPS) is 11.7. The maximum atomic E-state index is 12.0. The number of allylic oxidation sites excluding steroid dienone is 1. The van der Waals surface area contributed by atoms with Crippen molar-refractivity contribution in [3.05, 3.63) is 75.2 Å². The highest BCUT2D eigenvalue weighted by Crippen LogP contribution is 2.30. The van der Waals surface area contributed by atoms with Gasteiger partial charge in [-0.1, -0.05) is 88.9 Å². The molecule has 0 spiro atoms. The van der Waals surface area contributed by atoms with Crippen molar-refractivity contribution in [1.29, 1.82) is 0 Å². The Morgan fingerprint density at radius 3 is 2.53 bits per heavy atom. The van der Waals surface area contributed by atoms with E-state index in [1.165, 1.54) is 28.7 Å². The number of nitrogens with one attached hydrogen (secondary N) is 1. The number of amides is 1. The van der Waals surface area contributed by atoms with Crippen molar-refractivity contribution >= 4 is 80.6 Å². The average molecular weight is 540 g/mol. The van der Waals surface area contributed by atoms with Gasteiger partial charge in [0.25, 0.3) is 5.91 Å². The lowest BCUT2D eigenvalue weighted by molar-refractivity contribution is -0.118. The number of carbonyl (C=O) groups excluding carboxylic acids is 1. The Kier molecular flexibility index (Phi) is 9.41. The number of hydrazone groups is 1. The Hall–Kier alpha value is -1.65. The molecule has 0 aliphatic rings. The molecule has 0 bridgehead atoms. The first-order valence-corrected chi connectivity index (χ1v) is 12.6. The van der Waals surface area contributed by atoms with Crippen molar-refractivity contribution in [3.8, 4) is 0 Å². The minimum absolute atomic E-state index is 0.207. The molecule has 0 fully saturated rings. The van der Waals surface area contributed by atoms with Gasteiger partial charge < -0.3 is 0 Å². The summed E-state index contributed by atoms with van der Waals surface area (Å²) in [4.78, 5) is 12.0. The van der Waals surface area contributed by atoms with Crippen LogP contribution in [0, 0.1) is 0 Å². The monoisotopic (exact) mass is 538 g/mol. The number of hydrogen-bond donors (Lipinski definition) is 1. The molecule has 0 aliphatic heterocycles. The van der Waals surface area contributed by atoms with Gasteiger partial charge in [-0.3, -0.25) is 4.79 Å². The maximum absolute atomic E-state index is 12.0. The Morgan fingerprint density at radius 1 is 1.10 bits per heavy atom. The second-order valence-corrected chi connectivity index (χ2v) is 10.5. The Bertz CT molecular complexity index is 1030. The molecule has 0 saturated heterocycles. The standard InChI is InChI=1S/C20H16BrClN4OS3/c21-16(10-14-4-2-1-3-5-14)11-23-24-18(27)13-29-20-26-25-19(30-20)28-12-15-6-8-17(22)9-7-15/h1-11H,12-13H2,(H,24,27). The molecule has 0 radical (unpaired) electrons. The van der Waals surface area contributed by atoms with Crippen LogP contribution in [0.25, 0.3) is 6.08 Å². The van der Waals surface area contributed by atoms with Gasteiger partial charge in [0, 0.05) is 15.3 Å². The number of hydrogen-bond acceptors (Lipinski definition) is 7. The van der Waals surface area contributed by atoms with Crippen molar-refractivity contribution in [3.63, 3.8) is 0 Å². The summed E-state index contributed by atoms with van der Waals surface area (Å²) in [6.07, 6.45) is 3.46. The van der Waals surface area contributed by atoms with Gasteiger partial charge >= 0.3 is 0 Å². The van der Waals surface area contributed by atoms with Crippen molar-refractivity contribution in [2.75, 3.05) is 5.75 Å². The molecule has 1 aromatic heterocycles. The minimum atomic E-state index is -0.207. The molecule has 0 saturated carbocycles. The predicted molar refractivity (Wildman–Crippen MR) is 132 cm³/mol. The van der Waals surface area contributed by atoms with E-state index >= 15 is 0 Å². The van der Waals surface area contributed by atoms with Gasteiger partial charge in [0.15, 0.2) is 8.68 Å².